The van der Waals surface area contributed by atoms with Gasteiger partial charge in [0.25, 0.3) is 0 Å². The number of rotatable bonds is 5. The van der Waals surface area contributed by atoms with Gasteiger partial charge < -0.3 is 10.2 Å². The lowest BCUT2D eigenvalue weighted by Gasteiger charge is -2.21. The molecule has 0 aliphatic carbocycles. The molecular weight excluding hydrogens is 220 g/mol. The summed E-state index contributed by atoms with van der Waals surface area (Å²) >= 11 is 0. The predicted octanol–water partition coefficient (Wildman–Crippen LogP) is 3.13. The number of likely N-dealkylation sites (tertiary alicyclic amines) is 1. The molecule has 0 spiro atoms. The van der Waals surface area contributed by atoms with Gasteiger partial charge in [0, 0.05) is 0 Å². The van der Waals surface area contributed by atoms with E-state index in [9.17, 15) is 0 Å². The maximum Gasteiger partial charge on any atom is -0.00160 e. The SMILES string of the molecule is CC(C)C1CCCN(CCCC2CCNC2)CC1. The maximum atomic E-state index is 3.48. The van der Waals surface area contributed by atoms with E-state index in [1.807, 2.05) is 0 Å². The summed E-state index contributed by atoms with van der Waals surface area (Å²) in [6, 6.07) is 0. The second-order valence-corrected chi connectivity index (χ2v) is 6.78. The molecular formula is C16H32N2. The van der Waals surface area contributed by atoms with Crippen LogP contribution in [0.5, 0.6) is 0 Å². The number of hydrogen-bond donors (Lipinski definition) is 1. The van der Waals surface area contributed by atoms with Crippen molar-refractivity contribution in [2.45, 2.75) is 52.4 Å². The molecule has 2 aliphatic rings. The van der Waals surface area contributed by atoms with E-state index in [4.69, 9.17) is 0 Å². The zero-order chi connectivity index (χ0) is 12.8. The minimum Gasteiger partial charge on any atom is -0.316 e. The lowest BCUT2D eigenvalue weighted by atomic mass is 9.89. The van der Waals surface area contributed by atoms with Crippen molar-refractivity contribution in [1.82, 2.24) is 10.2 Å². The minimum absolute atomic E-state index is 0.884. The van der Waals surface area contributed by atoms with Crippen molar-refractivity contribution in [2.24, 2.45) is 17.8 Å². The monoisotopic (exact) mass is 252 g/mol. The Morgan fingerprint density at radius 2 is 2.06 bits per heavy atom. The molecule has 1 N–H and O–H groups in total. The second kappa shape index (κ2) is 7.49. The van der Waals surface area contributed by atoms with Crippen LogP contribution >= 0.6 is 0 Å². The lowest BCUT2D eigenvalue weighted by molar-refractivity contribution is 0.261. The van der Waals surface area contributed by atoms with Crippen LogP contribution in [0.25, 0.3) is 0 Å². The van der Waals surface area contributed by atoms with Crippen LogP contribution in [0.2, 0.25) is 0 Å². The molecule has 2 heterocycles. The summed E-state index contributed by atoms with van der Waals surface area (Å²) in [5, 5.41) is 3.48. The van der Waals surface area contributed by atoms with E-state index < -0.39 is 0 Å². The summed E-state index contributed by atoms with van der Waals surface area (Å²) < 4.78 is 0. The Labute approximate surface area is 114 Å². The van der Waals surface area contributed by atoms with E-state index >= 15 is 0 Å². The van der Waals surface area contributed by atoms with Gasteiger partial charge in [-0.15, -0.1) is 0 Å². The average Bonchev–Trinajstić information content (AvgIpc) is 2.73. The van der Waals surface area contributed by atoms with Crippen molar-refractivity contribution >= 4 is 0 Å². The molecule has 18 heavy (non-hydrogen) atoms. The zero-order valence-electron chi connectivity index (χ0n) is 12.5. The Bertz CT molecular complexity index is 221. The molecule has 0 bridgehead atoms. The second-order valence-electron chi connectivity index (χ2n) is 6.78. The smallest absolute Gasteiger partial charge is 0.00160 e. The quantitative estimate of drug-likeness (QED) is 0.808. The van der Waals surface area contributed by atoms with Gasteiger partial charge in [0.05, 0.1) is 0 Å². The molecule has 2 nitrogen and oxygen atoms in total. The highest BCUT2D eigenvalue weighted by molar-refractivity contribution is 4.74. The van der Waals surface area contributed by atoms with Crippen LogP contribution in [-0.2, 0) is 0 Å². The van der Waals surface area contributed by atoms with Crippen LogP contribution in [0.15, 0.2) is 0 Å². The van der Waals surface area contributed by atoms with Crippen LogP contribution in [0.3, 0.4) is 0 Å². The molecule has 2 atom stereocenters. The van der Waals surface area contributed by atoms with E-state index in [2.05, 4.69) is 24.1 Å². The van der Waals surface area contributed by atoms with Gasteiger partial charge in [-0.2, -0.15) is 0 Å². The Morgan fingerprint density at radius 3 is 2.78 bits per heavy atom. The molecule has 2 rings (SSSR count). The summed E-state index contributed by atoms with van der Waals surface area (Å²) in [6.45, 7) is 11.4. The Hall–Kier alpha value is -0.0800. The Morgan fingerprint density at radius 1 is 1.17 bits per heavy atom. The maximum absolute atomic E-state index is 3.48. The first-order chi connectivity index (χ1) is 8.75. The van der Waals surface area contributed by atoms with E-state index in [1.54, 1.807) is 0 Å². The van der Waals surface area contributed by atoms with Crippen LogP contribution < -0.4 is 5.32 Å². The van der Waals surface area contributed by atoms with Crippen molar-refractivity contribution in [3.8, 4) is 0 Å². The van der Waals surface area contributed by atoms with Gasteiger partial charge in [-0.1, -0.05) is 13.8 Å². The molecule has 0 radical (unpaired) electrons. The molecule has 0 saturated carbocycles. The first-order valence-corrected chi connectivity index (χ1v) is 8.19. The largest absolute Gasteiger partial charge is 0.316 e. The fourth-order valence-electron chi connectivity index (χ4n) is 3.64. The fraction of sp³-hybridized carbons (Fsp3) is 1.00. The van der Waals surface area contributed by atoms with Crippen molar-refractivity contribution in [3.63, 3.8) is 0 Å². The highest BCUT2D eigenvalue weighted by atomic mass is 15.1. The van der Waals surface area contributed by atoms with Gasteiger partial charge in [0.15, 0.2) is 0 Å². The molecule has 2 unspecified atom stereocenters. The molecule has 0 aromatic heterocycles. The Kier molecular flexibility index (Phi) is 5.97. The number of nitrogens with one attached hydrogen (secondary N) is 1. The van der Waals surface area contributed by atoms with Crippen molar-refractivity contribution in [2.75, 3.05) is 32.7 Å². The molecule has 2 aliphatic heterocycles. The molecule has 0 aromatic rings. The van der Waals surface area contributed by atoms with Gasteiger partial charge in [-0.3, -0.25) is 0 Å². The van der Waals surface area contributed by atoms with Crippen LogP contribution in [0, 0.1) is 17.8 Å². The predicted molar refractivity (Wildman–Crippen MR) is 78.8 cm³/mol. The first-order valence-electron chi connectivity index (χ1n) is 8.19. The topological polar surface area (TPSA) is 15.3 Å². The van der Waals surface area contributed by atoms with Crippen molar-refractivity contribution in [1.29, 1.82) is 0 Å². The van der Waals surface area contributed by atoms with Gasteiger partial charge in [0.2, 0.25) is 0 Å². The third-order valence-electron chi connectivity index (χ3n) is 5.06. The third kappa shape index (κ3) is 4.55. The van der Waals surface area contributed by atoms with Crippen LogP contribution in [0.4, 0.5) is 0 Å². The summed E-state index contributed by atoms with van der Waals surface area (Å²) in [5.74, 6) is 2.84. The van der Waals surface area contributed by atoms with E-state index in [-0.39, 0.29) is 0 Å². The third-order valence-corrected chi connectivity index (χ3v) is 5.06. The van der Waals surface area contributed by atoms with E-state index in [0.717, 1.165) is 17.8 Å². The van der Waals surface area contributed by atoms with Crippen LogP contribution in [0.1, 0.15) is 52.4 Å². The Balaban J connectivity index is 1.61. The summed E-state index contributed by atoms with van der Waals surface area (Å²) in [4.78, 5) is 2.73. The van der Waals surface area contributed by atoms with Gasteiger partial charge in [-0.05, 0) is 89.0 Å². The van der Waals surface area contributed by atoms with Crippen molar-refractivity contribution < 1.29 is 0 Å². The molecule has 2 saturated heterocycles. The number of hydrogen-bond acceptors (Lipinski definition) is 2. The van der Waals surface area contributed by atoms with Gasteiger partial charge in [-0.25, -0.2) is 0 Å². The standard InChI is InChI=1S/C16H32N2/c1-14(2)16-6-4-11-18(12-8-16)10-3-5-15-7-9-17-13-15/h14-17H,3-13H2,1-2H3. The van der Waals surface area contributed by atoms with E-state index in [0.29, 0.717) is 0 Å². The molecule has 2 fully saturated rings. The highest BCUT2D eigenvalue weighted by Gasteiger charge is 2.19. The molecule has 0 aromatic carbocycles. The highest BCUT2D eigenvalue weighted by Crippen LogP contribution is 2.25. The normalized spacial score (nSPS) is 30.8. The summed E-state index contributed by atoms with van der Waals surface area (Å²) in [5.41, 5.74) is 0. The number of nitrogens with zero attached hydrogens (tertiary/aromatic N) is 1. The molecule has 0 amide bonds. The summed E-state index contributed by atoms with van der Waals surface area (Å²) in [7, 11) is 0. The lowest BCUT2D eigenvalue weighted by Crippen LogP contribution is -2.26. The van der Waals surface area contributed by atoms with Crippen molar-refractivity contribution in [3.05, 3.63) is 0 Å². The molecule has 106 valence electrons. The first kappa shape index (κ1) is 14.3. The zero-order valence-corrected chi connectivity index (χ0v) is 12.5. The minimum atomic E-state index is 0.884. The van der Waals surface area contributed by atoms with Gasteiger partial charge >= 0.3 is 0 Å². The molecule has 2 heteroatoms. The van der Waals surface area contributed by atoms with E-state index in [1.165, 1.54) is 71.2 Å². The van der Waals surface area contributed by atoms with Gasteiger partial charge in [0.1, 0.15) is 0 Å². The average molecular weight is 252 g/mol. The fourth-order valence-corrected chi connectivity index (χ4v) is 3.64. The summed E-state index contributed by atoms with van der Waals surface area (Å²) in [6.07, 6.45) is 8.59. The van der Waals surface area contributed by atoms with Crippen LogP contribution in [-0.4, -0.2) is 37.6 Å².